The number of benzene rings is 4. The van der Waals surface area contributed by atoms with Gasteiger partial charge >= 0.3 is 0 Å². The molecule has 2 aliphatic rings. The van der Waals surface area contributed by atoms with Gasteiger partial charge in [0.2, 0.25) is 0 Å². The predicted molar refractivity (Wildman–Crippen MR) is 197 cm³/mol. The molecule has 0 atom stereocenters. The van der Waals surface area contributed by atoms with Crippen molar-refractivity contribution in [1.82, 2.24) is 4.98 Å². The van der Waals surface area contributed by atoms with Crippen molar-refractivity contribution < 1.29 is 0 Å². The molecule has 45 heavy (non-hydrogen) atoms. The van der Waals surface area contributed by atoms with Crippen LogP contribution in [-0.2, 0) is 10.8 Å². The Morgan fingerprint density at radius 3 is 2.29 bits per heavy atom. The molecule has 4 aromatic carbocycles. The molecular formula is C40H33BN2S2. The molecule has 0 bridgehead atoms. The Bertz CT molecular complexity index is 2290. The molecular weight excluding hydrogens is 583 g/mol. The maximum absolute atomic E-state index is 4.53. The summed E-state index contributed by atoms with van der Waals surface area (Å²) >= 11 is 3.90. The van der Waals surface area contributed by atoms with E-state index in [2.05, 4.69) is 148 Å². The van der Waals surface area contributed by atoms with Crippen LogP contribution in [0.4, 0.5) is 17.1 Å². The molecule has 2 nitrogen and oxygen atoms in total. The molecule has 0 spiro atoms. The second-order valence-electron chi connectivity index (χ2n) is 14.0. The number of thiophene rings is 2. The van der Waals surface area contributed by atoms with E-state index in [4.69, 9.17) is 0 Å². The van der Waals surface area contributed by atoms with Gasteiger partial charge in [-0.05, 0) is 80.4 Å². The first-order valence-corrected chi connectivity index (χ1v) is 17.4. The smallest absolute Gasteiger partial charge is 0.261 e. The van der Waals surface area contributed by atoms with Crippen LogP contribution in [-0.4, -0.2) is 11.7 Å². The van der Waals surface area contributed by atoms with Crippen molar-refractivity contribution in [2.45, 2.75) is 45.4 Å². The van der Waals surface area contributed by atoms with E-state index in [-0.39, 0.29) is 17.5 Å². The zero-order valence-corrected chi connectivity index (χ0v) is 27.8. The average molecular weight is 617 g/mol. The van der Waals surface area contributed by atoms with Gasteiger partial charge in [0.1, 0.15) is 0 Å². The van der Waals surface area contributed by atoms with Crippen molar-refractivity contribution in [3.8, 4) is 11.1 Å². The first-order valence-electron chi connectivity index (χ1n) is 15.7. The van der Waals surface area contributed by atoms with Gasteiger partial charge in [-0.15, -0.1) is 22.7 Å². The summed E-state index contributed by atoms with van der Waals surface area (Å²) in [6, 6.07) is 36.4. The van der Waals surface area contributed by atoms with Crippen LogP contribution in [0.5, 0.6) is 0 Å². The Labute approximate surface area is 273 Å². The number of hydrogen-bond acceptors (Lipinski definition) is 4. The van der Waals surface area contributed by atoms with Gasteiger partial charge in [0, 0.05) is 48.9 Å². The van der Waals surface area contributed by atoms with E-state index in [1.54, 1.807) is 0 Å². The summed E-state index contributed by atoms with van der Waals surface area (Å²) in [7, 11) is 0. The van der Waals surface area contributed by atoms with Crippen molar-refractivity contribution >= 4 is 82.3 Å². The average Bonchev–Trinajstić information content (AvgIpc) is 3.62. The normalized spacial score (nSPS) is 14.9. The van der Waals surface area contributed by atoms with E-state index in [1.807, 2.05) is 28.9 Å². The van der Waals surface area contributed by atoms with Gasteiger partial charge in [0.05, 0.1) is 10.4 Å². The van der Waals surface area contributed by atoms with Crippen LogP contribution in [0.2, 0.25) is 0 Å². The molecule has 0 saturated carbocycles. The standard InChI is InChI=1S/C40H33BN2S2/c1-39(2,3)26-17-14-24(15-18-26)25-16-19-32-29(22-25)36-38(45-32)41-34-28-20-21-42-23-33(28)44-37(34)40(4,5)30-12-9-13-31(35(30)41)43(36)27-10-7-6-8-11-27/h6-23H,1-5H3. The largest absolute Gasteiger partial charge is 0.310 e. The number of fused-ring (bicyclic) bond motifs is 8. The van der Waals surface area contributed by atoms with Crippen LogP contribution in [0.15, 0.2) is 109 Å². The Hall–Kier alpha value is -4.19. The minimum absolute atomic E-state index is 0.107. The highest BCUT2D eigenvalue weighted by atomic mass is 32.1. The summed E-state index contributed by atoms with van der Waals surface area (Å²) in [4.78, 5) is 8.55. The lowest BCUT2D eigenvalue weighted by molar-refractivity contribution is 0.590. The molecule has 218 valence electrons. The Kier molecular flexibility index (Phi) is 5.68. The second-order valence-corrected chi connectivity index (χ2v) is 16.2. The maximum Gasteiger partial charge on any atom is 0.261 e. The number of rotatable bonds is 2. The van der Waals surface area contributed by atoms with E-state index in [9.17, 15) is 0 Å². The first-order chi connectivity index (χ1) is 21.7. The molecule has 0 saturated heterocycles. The van der Waals surface area contributed by atoms with Crippen molar-refractivity contribution in [3.05, 3.63) is 125 Å². The zero-order valence-electron chi connectivity index (χ0n) is 26.2. The third-order valence-electron chi connectivity index (χ3n) is 9.95. The highest BCUT2D eigenvalue weighted by Crippen LogP contribution is 2.49. The number of aromatic nitrogens is 1. The summed E-state index contributed by atoms with van der Waals surface area (Å²) in [6.07, 6.45) is 4.02. The van der Waals surface area contributed by atoms with Crippen molar-refractivity contribution in [3.63, 3.8) is 0 Å². The Balaban J connectivity index is 1.35. The molecule has 2 aliphatic heterocycles. The van der Waals surface area contributed by atoms with Crippen molar-refractivity contribution in [2.75, 3.05) is 4.90 Å². The van der Waals surface area contributed by atoms with Gasteiger partial charge < -0.3 is 4.90 Å². The number of pyridine rings is 1. The zero-order chi connectivity index (χ0) is 30.7. The van der Waals surface area contributed by atoms with Crippen LogP contribution in [0.1, 0.15) is 50.6 Å². The van der Waals surface area contributed by atoms with Gasteiger partial charge in [-0.2, -0.15) is 0 Å². The van der Waals surface area contributed by atoms with E-state index in [0.717, 1.165) is 0 Å². The molecule has 3 aromatic heterocycles. The molecule has 5 heterocycles. The quantitative estimate of drug-likeness (QED) is 0.180. The van der Waals surface area contributed by atoms with Crippen LogP contribution in [0, 0.1) is 0 Å². The number of anilines is 3. The molecule has 7 aromatic rings. The lowest BCUT2D eigenvalue weighted by atomic mass is 9.33. The second kappa shape index (κ2) is 9.42. The van der Waals surface area contributed by atoms with Gasteiger partial charge in [-0.1, -0.05) is 95.3 Å². The van der Waals surface area contributed by atoms with Gasteiger partial charge in [-0.25, -0.2) is 0 Å². The first kappa shape index (κ1) is 27.2. The van der Waals surface area contributed by atoms with E-state index in [1.165, 1.54) is 80.1 Å². The summed E-state index contributed by atoms with van der Waals surface area (Å²) in [5.74, 6) is 0. The topological polar surface area (TPSA) is 16.1 Å². The van der Waals surface area contributed by atoms with E-state index >= 15 is 0 Å². The highest BCUT2D eigenvalue weighted by Gasteiger charge is 2.49. The monoisotopic (exact) mass is 616 g/mol. The van der Waals surface area contributed by atoms with Gasteiger partial charge in [0.15, 0.2) is 0 Å². The summed E-state index contributed by atoms with van der Waals surface area (Å²) < 4.78 is 4.04. The lowest BCUT2D eigenvalue weighted by Gasteiger charge is -2.43. The maximum atomic E-state index is 4.53. The molecule has 5 heteroatoms. The molecule has 0 fully saturated rings. The summed E-state index contributed by atoms with van der Waals surface area (Å²) in [6.45, 7) is 11.8. The Morgan fingerprint density at radius 2 is 1.51 bits per heavy atom. The van der Waals surface area contributed by atoms with E-state index in [0.29, 0.717) is 0 Å². The van der Waals surface area contributed by atoms with Gasteiger partial charge in [-0.3, -0.25) is 4.98 Å². The molecule has 0 N–H and O–H groups in total. The van der Waals surface area contributed by atoms with Gasteiger partial charge in [0.25, 0.3) is 6.71 Å². The molecule has 0 radical (unpaired) electrons. The summed E-state index contributed by atoms with van der Waals surface area (Å²) in [5, 5.41) is 2.67. The SMILES string of the molecule is CC(C)(C)c1ccc(-c2ccc3sc4c(c3c2)N(c2ccccc2)c2cccc3c2B4c2c(sc4cnccc24)C3(C)C)cc1. The predicted octanol–water partition coefficient (Wildman–Crippen LogP) is 9.41. The van der Waals surface area contributed by atoms with Crippen molar-refractivity contribution in [1.29, 1.82) is 0 Å². The van der Waals surface area contributed by atoms with Crippen LogP contribution in [0.25, 0.3) is 31.3 Å². The molecule has 9 rings (SSSR count). The van der Waals surface area contributed by atoms with E-state index < -0.39 is 0 Å². The van der Waals surface area contributed by atoms with Crippen LogP contribution in [0.3, 0.4) is 0 Å². The number of hydrogen-bond donors (Lipinski definition) is 0. The number of para-hydroxylation sites is 1. The third-order valence-corrected chi connectivity index (χ3v) is 12.7. The van der Waals surface area contributed by atoms with Crippen LogP contribution < -0.4 is 20.6 Å². The fraction of sp³-hybridized carbons (Fsp3) is 0.175. The van der Waals surface area contributed by atoms with Crippen molar-refractivity contribution in [2.24, 2.45) is 0 Å². The minimum atomic E-state index is -0.107. The number of nitrogens with zero attached hydrogens (tertiary/aromatic N) is 2. The molecule has 0 unspecified atom stereocenters. The Morgan fingerprint density at radius 1 is 0.733 bits per heavy atom. The third kappa shape index (κ3) is 3.84. The molecule has 0 amide bonds. The summed E-state index contributed by atoms with van der Waals surface area (Å²) in [5.41, 5.74) is 12.1. The minimum Gasteiger partial charge on any atom is -0.310 e. The van der Waals surface area contributed by atoms with Crippen LogP contribution >= 0.6 is 22.7 Å². The fourth-order valence-corrected chi connectivity index (χ4v) is 10.3. The lowest BCUT2D eigenvalue weighted by Crippen LogP contribution is -2.62. The highest BCUT2D eigenvalue weighted by molar-refractivity contribution is 7.34. The fourth-order valence-electron chi connectivity index (χ4n) is 7.68. The molecule has 0 aliphatic carbocycles.